The van der Waals surface area contributed by atoms with Crippen LogP contribution in [-0.2, 0) is 11.3 Å². The fourth-order valence-corrected chi connectivity index (χ4v) is 4.70. The van der Waals surface area contributed by atoms with Crippen molar-refractivity contribution in [1.29, 1.82) is 0 Å². The smallest absolute Gasteiger partial charge is 0.311 e. The van der Waals surface area contributed by atoms with Crippen molar-refractivity contribution in [3.05, 3.63) is 41.0 Å². The van der Waals surface area contributed by atoms with E-state index in [1.807, 2.05) is 24.3 Å². The van der Waals surface area contributed by atoms with Crippen LogP contribution in [0.2, 0.25) is 5.02 Å². The molecule has 2 aliphatic rings. The Labute approximate surface area is 140 Å². The van der Waals surface area contributed by atoms with Crippen LogP contribution < -0.4 is 0 Å². The van der Waals surface area contributed by atoms with Crippen LogP contribution in [0, 0.1) is 11.3 Å². The number of aromatic nitrogens is 1. The lowest BCUT2D eigenvalue weighted by atomic mass is 9.81. The molecule has 5 heteroatoms. The second-order valence-electron chi connectivity index (χ2n) is 6.86. The molecule has 2 aromatic rings. The zero-order chi connectivity index (χ0) is 16.0. The minimum absolute atomic E-state index is 0.276. The fraction of sp³-hybridized carbons (Fsp3) is 0.444. The summed E-state index contributed by atoms with van der Waals surface area (Å²) in [6.45, 7) is 2.20. The standard InChI is InChI=1S/C18H19ClN2O2/c19-15-7-12-3-2-6-20-16(12)13(8-15)9-21-10-14-4-1-5-18(14,11-21)17(22)23/h2-3,6-8,14H,1,4-5,9-11H2,(H,22,23)/t14-,18+/m0/s1. The molecular formula is C18H19ClN2O2. The van der Waals surface area contributed by atoms with Gasteiger partial charge in [0.1, 0.15) is 0 Å². The van der Waals surface area contributed by atoms with Gasteiger partial charge < -0.3 is 5.11 Å². The Morgan fingerprint density at radius 3 is 3.13 bits per heavy atom. The van der Waals surface area contributed by atoms with Gasteiger partial charge in [-0.25, -0.2) is 0 Å². The van der Waals surface area contributed by atoms with Gasteiger partial charge in [-0.3, -0.25) is 14.7 Å². The van der Waals surface area contributed by atoms with Crippen LogP contribution in [0.3, 0.4) is 0 Å². The fourth-order valence-electron chi connectivity index (χ4n) is 4.45. The lowest BCUT2D eigenvalue weighted by Gasteiger charge is -2.23. The van der Waals surface area contributed by atoms with Crippen LogP contribution in [0.5, 0.6) is 0 Å². The van der Waals surface area contributed by atoms with E-state index < -0.39 is 11.4 Å². The van der Waals surface area contributed by atoms with Crippen LogP contribution in [-0.4, -0.2) is 34.0 Å². The van der Waals surface area contributed by atoms with E-state index in [1.165, 1.54) is 0 Å². The summed E-state index contributed by atoms with van der Waals surface area (Å²) in [6.07, 6.45) is 4.65. The van der Waals surface area contributed by atoms with Crippen LogP contribution in [0.15, 0.2) is 30.5 Å². The summed E-state index contributed by atoms with van der Waals surface area (Å²) < 4.78 is 0. The lowest BCUT2D eigenvalue weighted by Crippen LogP contribution is -2.35. The van der Waals surface area contributed by atoms with Crippen molar-refractivity contribution in [3.8, 4) is 0 Å². The van der Waals surface area contributed by atoms with E-state index in [0.29, 0.717) is 18.1 Å². The van der Waals surface area contributed by atoms with Crippen molar-refractivity contribution in [1.82, 2.24) is 9.88 Å². The summed E-state index contributed by atoms with van der Waals surface area (Å²) in [6, 6.07) is 7.79. The van der Waals surface area contributed by atoms with E-state index in [0.717, 1.165) is 42.3 Å². The van der Waals surface area contributed by atoms with Crippen molar-refractivity contribution in [3.63, 3.8) is 0 Å². The Kier molecular flexibility index (Phi) is 3.54. The third kappa shape index (κ3) is 2.41. The van der Waals surface area contributed by atoms with Gasteiger partial charge in [0.25, 0.3) is 0 Å². The van der Waals surface area contributed by atoms with E-state index in [9.17, 15) is 9.90 Å². The summed E-state index contributed by atoms with van der Waals surface area (Å²) in [5.74, 6) is -0.352. The van der Waals surface area contributed by atoms with Gasteiger partial charge in [0.2, 0.25) is 0 Å². The summed E-state index contributed by atoms with van der Waals surface area (Å²) in [5.41, 5.74) is 1.49. The highest BCUT2D eigenvalue weighted by atomic mass is 35.5. The molecule has 2 heterocycles. The van der Waals surface area contributed by atoms with Gasteiger partial charge >= 0.3 is 5.97 Å². The van der Waals surface area contributed by atoms with Crippen LogP contribution >= 0.6 is 11.6 Å². The molecule has 0 amide bonds. The summed E-state index contributed by atoms with van der Waals surface area (Å²) in [7, 11) is 0. The molecule has 4 nitrogen and oxygen atoms in total. The molecule has 0 radical (unpaired) electrons. The number of carbonyl (C=O) groups is 1. The maximum absolute atomic E-state index is 11.8. The number of likely N-dealkylation sites (tertiary alicyclic amines) is 1. The molecule has 4 rings (SSSR count). The van der Waals surface area contributed by atoms with Crippen molar-refractivity contribution < 1.29 is 9.90 Å². The topological polar surface area (TPSA) is 53.4 Å². The molecule has 1 aliphatic heterocycles. The Bertz CT molecular complexity index is 779. The molecule has 1 N–H and O–H groups in total. The first-order valence-electron chi connectivity index (χ1n) is 8.07. The molecule has 23 heavy (non-hydrogen) atoms. The van der Waals surface area contributed by atoms with Gasteiger partial charge in [0.15, 0.2) is 0 Å². The quantitative estimate of drug-likeness (QED) is 0.934. The molecule has 0 unspecified atom stereocenters. The number of nitrogens with zero attached hydrogens (tertiary/aromatic N) is 2. The number of carboxylic acids is 1. The minimum atomic E-state index is -0.628. The van der Waals surface area contributed by atoms with E-state index in [2.05, 4.69) is 9.88 Å². The van der Waals surface area contributed by atoms with E-state index in [1.54, 1.807) is 6.20 Å². The monoisotopic (exact) mass is 330 g/mol. The zero-order valence-electron chi connectivity index (χ0n) is 12.8. The number of carboxylic acid groups (broad SMARTS) is 1. The molecule has 120 valence electrons. The largest absolute Gasteiger partial charge is 0.481 e. The van der Waals surface area contributed by atoms with Crippen LogP contribution in [0.4, 0.5) is 0 Å². The van der Waals surface area contributed by atoms with E-state index in [-0.39, 0.29) is 5.92 Å². The van der Waals surface area contributed by atoms with Gasteiger partial charge in [-0.2, -0.15) is 0 Å². The van der Waals surface area contributed by atoms with Gasteiger partial charge in [-0.15, -0.1) is 0 Å². The van der Waals surface area contributed by atoms with Gasteiger partial charge in [-0.1, -0.05) is 24.1 Å². The van der Waals surface area contributed by atoms with Gasteiger partial charge in [-0.05, 0) is 42.5 Å². The zero-order valence-corrected chi connectivity index (χ0v) is 13.6. The Balaban J connectivity index is 1.64. The van der Waals surface area contributed by atoms with Gasteiger partial charge in [0, 0.05) is 36.2 Å². The molecule has 1 saturated carbocycles. The first-order chi connectivity index (χ1) is 11.1. The van der Waals surface area contributed by atoms with Gasteiger partial charge in [0.05, 0.1) is 10.9 Å². The van der Waals surface area contributed by atoms with Crippen molar-refractivity contribution in [2.75, 3.05) is 13.1 Å². The summed E-state index contributed by atoms with van der Waals surface area (Å²) in [4.78, 5) is 18.6. The highest BCUT2D eigenvalue weighted by molar-refractivity contribution is 6.31. The molecular weight excluding hydrogens is 312 g/mol. The predicted molar refractivity (Wildman–Crippen MR) is 89.4 cm³/mol. The number of hydrogen-bond donors (Lipinski definition) is 1. The minimum Gasteiger partial charge on any atom is -0.481 e. The molecule has 0 spiro atoms. The van der Waals surface area contributed by atoms with Crippen LogP contribution in [0.1, 0.15) is 24.8 Å². The average Bonchev–Trinajstić information content (AvgIpc) is 3.04. The molecule has 0 bridgehead atoms. The lowest BCUT2D eigenvalue weighted by molar-refractivity contribution is -0.149. The van der Waals surface area contributed by atoms with E-state index in [4.69, 9.17) is 11.6 Å². The number of pyridine rings is 1. The van der Waals surface area contributed by atoms with Crippen molar-refractivity contribution in [2.45, 2.75) is 25.8 Å². The predicted octanol–water partition coefficient (Wildman–Crippen LogP) is 3.57. The van der Waals surface area contributed by atoms with Crippen molar-refractivity contribution in [2.24, 2.45) is 11.3 Å². The molecule has 2 atom stereocenters. The second kappa shape index (κ2) is 5.46. The van der Waals surface area contributed by atoms with E-state index >= 15 is 0 Å². The molecule has 1 saturated heterocycles. The molecule has 1 aromatic carbocycles. The number of rotatable bonds is 3. The summed E-state index contributed by atoms with van der Waals surface area (Å²) >= 11 is 6.24. The highest BCUT2D eigenvalue weighted by Gasteiger charge is 2.54. The molecule has 2 fully saturated rings. The molecule has 1 aromatic heterocycles. The number of aliphatic carboxylic acids is 1. The Morgan fingerprint density at radius 1 is 1.48 bits per heavy atom. The number of benzene rings is 1. The third-order valence-electron chi connectivity index (χ3n) is 5.51. The number of halogens is 1. The Hall–Kier alpha value is -1.65. The van der Waals surface area contributed by atoms with Crippen molar-refractivity contribution >= 4 is 28.5 Å². The molecule has 1 aliphatic carbocycles. The number of fused-ring (bicyclic) bond motifs is 2. The second-order valence-corrected chi connectivity index (χ2v) is 7.30. The first-order valence-corrected chi connectivity index (χ1v) is 8.45. The Morgan fingerprint density at radius 2 is 2.35 bits per heavy atom. The SMILES string of the molecule is O=C(O)[C@@]12CCC[C@H]1CN(Cc1cc(Cl)cc3cccnc13)C2. The first kappa shape index (κ1) is 14.9. The third-order valence-corrected chi connectivity index (χ3v) is 5.73. The normalized spacial score (nSPS) is 27.4. The summed E-state index contributed by atoms with van der Waals surface area (Å²) in [5, 5.41) is 11.4. The average molecular weight is 331 g/mol. The number of hydrogen-bond acceptors (Lipinski definition) is 3. The maximum Gasteiger partial charge on any atom is 0.311 e. The maximum atomic E-state index is 11.8. The highest BCUT2D eigenvalue weighted by Crippen LogP contribution is 2.49. The van der Waals surface area contributed by atoms with Crippen LogP contribution in [0.25, 0.3) is 10.9 Å².